The van der Waals surface area contributed by atoms with Gasteiger partial charge in [0.05, 0.1) is 13.2 Å². The second-order valence-electron chi connectivity index (χ2n) is 6.34. The van der Waals surface area contributed by atoms with Gasteiger partial charge in [-0.1, -0.05) is 42.5 Å². The predicted molar refractivity (Wildman–Crippen MR) is 92.4 cm³/mol. The number of likely N-dealkylation sites (tertiary alicyclic amines) is 1. The number of ether oxygens (including phenoxy) is 1. The zero-order chi connectivity index (χ0) is 16.1. The van der Waals surface area contributed by atoms with Crippen molar-refractivity contribution in [2.45, 2.75) is 25.5 Å². The van der Waals surface area contributed by atoms with Crippen LogP contribution in [0, 0.1) is 5.92 Å². The van der Waals surface area contributed by atoms with E-state index in [2.05, 4.69) is 35.2 Å². The Balaban J connectivity index is 1.65. The van der Waals surface area contributed by atoms with Crippen LogP contribution in [0.15, 0.2) is 54.6 Å². The van der Waals surface area contributed by atoms with Crippen molar-refractivity contribution < 1.29 is 9.84 Å². The molecule has 0 saturated carbocycles. The third-order valence-corrected chi connectivity index (χ3v) is 4.67. The Morgan fingerprint density at radius 1 is 1.17 bits per heavy atom. The summed E-state index contributed by atoms with van der Waals surface area (Å²) in [6.45, 7) is 3.01. The molecule has 1 N–H and O–H groups in total. The van der Waals surface area contributed by atoms with Crippen LogP contribution in [0.3, 0.4) is 0 Å². The summed E-state index contributed by atoms with van der Waals surface area (Å²) in [6, 6.07) is 18.4. The normalized spacial score (nSPS) is 20.2. The van der Waals surface area contributed by atoms with Gasteiger partial charge in [-0.05, 0) is 42.6 Å². The predicted octanol–water partition coefficient (Wildman–Crippen LogP) is 3.64. The van der Waals surface area contributed by atoms with Gasteiger partial charge in [0.15, 0.2) is 0 Å². The number of methoxy groups -OCH3 is 1. The Bertz CT molecular complexity index is 614. The molecular weight excluding hydrogens is 286 g/mol. The molecule has 0 spiro atoms. The number of aliphatic hydroxyl groups is 1. The van der Waals surface area contributed by atoms with E-state index < -0.39 is 6.10 Å². The van der Waals surface area contributed by atoms with Crippen LogP contribution in [0.2, 0.25) is 0 Å². The largest absolute Gasteiger partial charge is 0.497 e. The summed E-state index contributed by atoms with van der Waals surface area (Å²) in [7, 11) is 1.66. The van der Waals surface area contributed by atoms with Crippen LogP contribution in [0.4, 0.5) is 0 Å². The maximum atomic E-state index is 10.8. The Labute approximate surface area is 138 Å². The number of benzene rings is 2. The van der Waals surface area contributed by atoms with E-state index in [0.29, 0.717) is 0 Å². The van der Waals surface area contributed by atoms with Gasteiger partial charge >= 0.3 is 0 Å². The van der Waals surface area contributed by atoms with E-state index in [1.165, 1.54) is 5.56 Å². The van der Waals surface area contributed by atoms with E-state index in [1.807, 2.05) is 24.3 Å². The standard InChI is InChI=1S/C20H25NO2/c1-23-19-11-5-9-17(13-19)20(22)18-10-6-12-21(15-18)14-16-7-3-2-4-8-16/h2-5,7-9,11,13,18,20,22H,6,10,12,14-15H2,1H3/t18?,20-/m1/s1. The van der Waals surface area contributed by atoms with Gasteiger partial charge in [0, 0.05) is 19.0 Å². The first kappa shape index (κ1) is 16.0. The number of aliphatic hydroxyl groups excluding tert-OH is 1. The van der Waals surface area contributed by atoms with Gasteiger partial charge in [-0.25, -0.2) is 0 Å². The highest BCUT2D eigenvalue weighted by Crippen LogP contribution is 2.31. The molecule has 0 amide bonds. The Morgan fingerprint density at radius 2 is 2.00 bits per heavy atom. The highest BCUT2D eigenvalue weighted by Gasteiger charge is 2.27. The van der Waals surface area contributed by atoms with E-state index in [1.54, 1.807) is 7.11 Å². The number of hydrogen-bond acceptors (Lipinski definition) is 3. The molecule has 1 unspecified atom stereocenters. The molecule has 1 saturated heterocycles. The summed E-state index contributed by atoms with van der Waals surface area (Å²) in [5.74, 6) is 1.08. The van der Waals surface area contributed by atoms with Crippen molar-refractivity contribution in [1.29, 1.82) is 0 Å². The molecule has 0 radical (unpaired) electrons. The molecule has 23 heavy (non-hydrogen) atoms. The molecule has 2 aromatic rings. The summed E-state index contributed by atoms with van der Waals surface area (Å²) in [5.41, 5.74) is 2.29. The lowest BCUT2D eigenvalue weighted by Crippen LogP contribution is -2.37. The average molecular weight is 311 g/mol. The second kappa shape index (κ2) is 7.62. The van der Waals surface area contributed by atoms with Crippen LogP contribution in [-0.4, -0.2) is 30.2 Å². The zero-order valence-corrected chi connectivity index (χ0v) is 13.7. The fourth-order valence-corrected chi connectivity index (χ4v) is 3.43. The topological polar surface area (TPSA) is 32.7 Å². The van der Waals surface area contributed by atoms with Crippen LogP contribution in [0.1, 0.15) is 30.1 Å². The quantitative estimate of drug-likeness (QED) is 0.915. The zero-order valence-electron chi connectivity index (χ0n) is 13.7. The fraction of sp³-hybridized carbons (Fsp3) is 0.400. The van der Waals surface area contributed by atoms with E-state index in [0.717, 1.165) is 43.8 Å². The minimum absolute atomic E-state index is 0.277. The van der Waals surface area contributed by atoms with Crippen LogP contribution in [-0.2, 0) is 6.54 Å². The molecule has 3 rings (SSSR count). The molecular formula is C20H25NO2. The monoisotopic (exact) mass is 311 g/mol. The van der Waals surface area contributed by atoms with Crippen molar-refractivity contribution in [3.8, 4) is 5.75 Å². The Morgan fingerprint density at radius 3 is 2.78 bits per heavy atom. The lowest BCUT2D eigenvalue weighted by molar-refractivity contribution is 0.0475. The molecule has 0 aromatic heterocycles. The van der Waals surface area contributed by atoms with E-state index in [9.17, 15) is 5.11 Å². The van der Waals surface area contributed by atoms with Crippen LogP contribution in [0.5, 0.6) is 5.75 Å². The molecule has 3 nitrogen and oxygen atoms in total. The Hall–Kier alpha value is -1.84. The molecule has 0 aliphatic carbocycles. The summed E-state index contributed by atoms with van der Waals surface area (Å²) < 4.78 is 5.27. The third kappa shape index (κ3) is 4.12. The summed E-state index contributed by atoms with van der Waals surface area (Å²) in [6.07, 6.45) is 1.78. The van der Waals surface area contributed by atoms with Gasteiger partial charge in [0.2, 0.25) is 0 Å². The lowest BCUT2D eigenvalue weighted by atomic mass is 9.88. The number of rotatable bonds is 5. The summed E-state index contributed by atoms with van der Waals surface area (Å²) in [4.78, 5) is 2.45. The van der Waals surface area contributed by atoms with Crippen LogP contribution in [0.25, 0.3) is 0 Å². The second-order valence-corrected chi connectivity index (χ2v) is 6.34. The molecule has 122 valence electrons. The number of hydrogen-bond donors (Lipinski definition) is 1. The SMILES string of the molecule is COc1cccc([C@@H](O)C2CCCN(Cc3ccccc3)C2)c1. The molecule has 1 heterocycles. The van der Waals surface area contributed by atoms with Crippen molar-refractivity contribution in [2.75, 3.05) is 20.2 Å². The number of nitrogens with zero attached hydrogens (tertiary/aromatic N) is 1. The molecule has 2 atom stereocenters. The molecule has 1 aliphatic rings. The highest BCUT2D eigenvalue weighted by atomic mass is 16.5. The van der Waals surface area contributed by atoms with Crippen molar-refractivity contribution in [3.05, 3.63) is 65.7 Å². The summed E-state index contributed by atoms with van der Waals surface area (Å²) in [5, 5.41) is 10.8. The maximum Gasteiger partial charge on any atom is 0.119 e. The number of piperidine rings is 1. The van der Waals surface area contributed by atoms with Crippen molar-refractivity contribution in [1.82, 2.24) is 4.90 Å². The Kier molecular flexibility index (Phi) is 5.31. The molecule has 2 aromatic carbocycles. The maximum absolute atomic E-state index is 10.8. The van der Waals surface area contributed by atoms with Crippen LogP contribution < -0.4 is 4.74 Å². The highest BCUT2D eigenvalue weighted by molar-refractivity contribution is 5.30. The fourth-order valence-electron chi connectivity index (χ4n) is 3.43. The van der Waals surface area contributed by atoms with Gasteiger partial charge in [-0.15, -0.1) is 0 Å². The van der Waals surface area contributed by atoms with E-state index in [4.69, 9.17) is 4.74 Å². The molecule has 3 heteroatoms. The minimum atomic E-state index is -0.427. The third-order valence-electron chi connectivity index (χ3n) is 4.67. The first-order chi connectivity index (χ1) is 11.3. The van der Waals surface area contributed by atoms with E-state index >= 15 is 0 Å². The summed E-state index contributed by atoms with van der Waals surface area (Å²) >= 11 is 0. The average Bonchev–Trinajstić information content (AvgIpc) is 2.62. The molecule has 0 bridgehead atoms. The van der Waals surface area contributed by atoms with Gasteiger partial charge in [-0.2, -0.15) is 0 Å². The molecule has 1 fully saturated rings. The first-order valence-electron chi connectivity index (χ1n) is 8.34. The van der Waals surface area contributed by atoms with Gasteiger partial charge in [0.1, 0.15) is 5.75 Å². The van der Waals surface area contributed by atoms with Crippen molar-refractivity contribution in [3.63, 3.8) is 0 Å². The van der Waals surface area contributed by atoms with Gasteiger partial charge < -0.3 is 9.84 Å². The first-order valence-corrected chi connectivity index (χ1v) is 8.34. The lowest BCUT2D eigenvalue weighted by Gasteiger charge is -2.35. The van der Waals surface area contributed by atoms with Gasteiger partial charge in [-0.3, -0.25) is 4.90 Å². The molecule has 1 aliphatic heterocycles. The van der Waals surface area contributed by atoms with E-state index in [-0.39, 0.29) is 5.92 Å². The minimum Gasteiger partial charge on any atom is -0.497 e. The van der Waals surface area contributed by atoms with Crippen molar-refractivity contribution in [2.24, 2.45) is 5.92 Å². The smallest absolute Gasteiger partial charge is 0.119 e. The van der Waals surface area contributed by atoms with Crippen molar-refractivity contribution >= 4 is 0 Å². The van der Waals surface area contributed by atoms with Crippen LogP contribution >= 0.6 is 0 Å². The van der Waals surface area contributed by atoms with Gasteiger partial charge in [0.25, 0.3) is 0 Å².